The molecule has 0 fully saturated rings. The molecular formula is C5H13BrSn. The summed E-state index contributed by atoms with van der Waals surface area (Å²) in [6, 6.07) is 0. The average molecular weight is 272 g/mol. The summed E-state index contributed by atoms with van der Waals surface area (Å²) < 4.78 is 2.84. The Morgan fingerprint density at radius 3 is 1.57 bits per heavy atom. The quantitative estimate of drug-likeness (QED) is 0.678. The van der Waals surface area contributed by atoms with Crippen molar-refractivity contribution in [2.75, 3.05) is 0 Å². The molecule has 0 saturated heterocycles. The first-order valence-corrected chi connectivity index (χ1v) is 16.1. The monoisotopic (exact) mass is 272 g/mol. The van der Waals surface area contributed by atoms with Crippen LogP contribution in [0.1, 0.15) is 13.8 Å². The molecule has 0 amide bonds. The van der Waals surface area contributed by atoms with Crippen LogP contribution in [0, 0.1) is 0 Å². The summed E-state index contributed by atoms with van der Waals surface area (Å²) in [6.45, 7) is 4.57. The summed E-state index contributed by atoms with van der Waals surface area (Å²) in [6.07, 6.45) is 0. The standard InChI is InChI=1S/2C2H5.CH3.BrH.Sn/c2*1-2;;;/h2*1H2,2H3;1H3;1H;/q;;;;+1/p-1. The summed E-state index contributed by atoms with van der Waals surface area (Å²) in [5.41, 5.74) is 0. The molecule has 0 aliphatic heterocycles. The predicted molar refractivity (Wildman–Crippen MR) is 41.5 cm³/mol. The van der Waals surface area contributed by atoms with Gasteiger partial charge in [0.15, 0.2) is 0 Å². The van der Waals surface area contributed by atoms with E-state index in [1.54, 1.807) is 0 Å². The molecule has 0 aromatic carbocycles. The zero-order valence-electron chi connectivity index (χ0n) is 5.29. The third-order valence-corrected chi connectivity index (χ3v) is 17.4. The van der Waals surface area contributed by atoms with Crippen molar-refractivity contribution < 1.29 is 0 Å². The summed E-state index contributed by atoms with van der Waals surface area (Å²) >= 11 is 2.32. The molecular weight excluding hydrogens is 259 g/mol. The Labute approximate surface area is 56.3 Å². The molecule has 7 heavy (non-hydrogen) atoms. The summed E-state index contributed by atoms with van der Waals surface area (Å²) in [4.78, 5) is 2.43. The van der Waals surface area contributed by atoms with Crippen molar-refractivity contribution in [3.8, 4) is 0 Å². The van der Waals surface area contributed by atoms with E-state index in [0.717, 1.165) is 0 Å². The van der Waals surface area contributed by atoms with Gasteiger partial charge in [0, 0.05) is 0 Å². The number of rotatable bonds is 2. The van der Waals surface area contributed by atoms with Crippen LogP contribution in [0.25, 0.3) is 0 Å². The van der Waals surface area contributed by atoms with E-state index in [-0.39, 0.29) is 0 Å². The Morgan fingerprint density at radius 2 is 1.57 bits per heavy atom. The number of halogens is 1. The van der Waals surface area contributed by atoms with Crippen molar-refractivity contribution >= 4 is 28.9 Å². The van der Waals surface area contributed by atoms with Gasteiger partial charge in [0.05, 0.1) is 0 Å². The van der Waals surface area contributed by atoms with Crippen LogP contribution in [0.4, 0.5) is 0 Å². The fourth-order valence-electron chi connectivity index (χ4n) is 0.250. The molecule has 0 bridgehead atoms. The molecule has 0 aliphatic carbocycles. The van der Waals surface area contributed by atoms with Crippen molar-refractivity contribution in [1.29, 1.82) is 0 Å². The first-order valence-electron chi connectivity index (χ1n) is 2.81. The molecule has 0 nitrogen and oxygen atoms in total. The molecule has 0 rings (SSSR count). The molecule has 0 atom stereocenters. The minimum absolute atomic E-state index is 1.42. The van der Waals surface area contributed by atoms with Crippen LogP contribution in [0.5, 0.6) is 0 Å². The minimum atomic E-state index is -1.47. The number of hydrogen-bond donors (Lipinski definition) is 0. The zero-order valence-corrected chi connectivity index (χ0v) is 9.73. The molecule has 0 N–H and O–H groups in total. The van der Waals surface area contributed by atoms with Gasteiger partial charge in [0.1, 0.15) is 0 Å². The molecule has 0 saturated carbocycles. The van der Waals surface area contributed by atoms with Gasteiger partial charge in [-0.25, -0.2) is 0 Å². The summed E-state index contributed by atoms with van der Waals surface area (Å²) in [5.74, 6) is 0. The topological polar surface area (TPSA) is 0 Å². The third-order valence-electron chi connectivity index (χ3n) is 1.47. The van der Waals surface area contributed by atoms with Crippen LogP contribution in [0.3, 0.4) is 0 Å². The maximum absolute atomic E-state index is 3.79. The first-order chi connectivity index (χ1) is 3.12. The van der Waals surface area contributed by atoms with Gasteiger partial charge in [0.2, 0.25) is 0 Å². The van der Waals surface area contributed by atoms with Gasteiger partial charge in [-0.1, -0.05) is 0 Å². The first kappa shape index (κ1) is 8.28. The fourth-order valence-corrected chi connectivity index (χ4v) is 1.68. The van der Waals surface area contributed by atoms with E-state index >= 15 is 0 Å². The molecule has 0 aromatic heterocycles. The van der Waals surface area contributed by atoms with E-state index in [0.29, 0.717) is 0 Å². The maximum atomic E-state index is 3.79. The summed E-state index contributed by atoms with van der Waals surface area (Å²) in [7, 11) is 0. The molecule has 0 aromatic rings. The second-order valence-electron chi connectivity index (χ2n) is 2.12. The van der Waals surface area contributed by atoms with Crippen LogP contribution < -0.4 is 0 Å². The Kier molecular flexibility index (Phi) is 3.94. The van der Waals surface area contributed by atoms with Gasteiger partial charge in [-0.3, -0.25) is 0 Å². The third kappa shape index (κ3) is 3.83. The fraction of sp³-hybridized carbons (Fsp3) is 1.00. The zero-order chi connectivity index (χ0) is 5.91. The van der Waals surface area contributed by atoms with Crippen LogP contribution in [0.2, 0.25) is 13.8 Å². The van der Waals surface area contributed by atoms with Crippen molar-refractivity contribution in [1.82, 2.24) is 0 Å². The van der Waals surface area contributed by atoms with Crippen molar-refractivity contribution in [2.45, 2.75) is 27.7 Å². The molecule has 0 aliphatic rings. The van der Waals surface area contributed by atoms with Gasteiger partial charge >= 0.3 is 56.5 Å². The van der Waals surface area contributed by atoms with Crippen molar-refractivity contribution in [3.63, 3.8) is 0 Å². The SMILES string of the molecule is C[CH2][Sn]([CH3])([Br])[CH2]C. The van der Waals surface area contributed by atoms with Gasteiger partial charge in [0.25, 0.3) is 0 Å². The van der Waals surface area contributed by atoms with E-state index in [1.165, 1.54) is 8.87 Å². The average Bonchev–Trinajstić information content (AvgIpc) is 1.68. The molecule has 0 radical (unpaired) electrons. The van der Waals surface area contributed by atoms with Crippen molar-refractivity contribution in [3.05, 3.63) is 0 Å². The van der Waals surface area contributed by atoms with Gasteiger partial charge in [-0.05, 0) is 0 Å². The Hall–Kier alpha value is 1.28. The molecule has 0 heterocycles. The second kappa shape index (κ2) is 3.33. The molecule has 0 unspecified atom stereocenters. The Balaban J connectivity index is 3.36. The molecule has 0 spiro atoms. The van der Waals surface area contributed by atoms with Gasteiger partial charge < -0.3 is 0 Å². The van der Waals surface area contributed by atoms with E-state index in [1.807, 2.05) is 0 Å². The van der Waals surface area contributed by atoms with Crippen LogP contribution >= 0.6 is 12.7 Å². The Bertz CT molecular complexity index is 46.0. The van der Waals surface area contributed by atoms with Gasteiger partial charge in [-0.15, -0.1) is 0 Å². The van der Waals surface area contributed by atoms with Crippen LogP contribution in [-0.2, 0) is 0 Å². The van der Waals surface area contributed by atoms with Crippen molar-refractivity contribution in [2.24, 2.45) is 0 Å². The van der Waals surface area contributed by atoms with Crippen LogP contribution in [0.15, 0.2) is 0 Å². The normalized spacial score (nSPS) is 12.0. The van der Waals surface area contributed by atoms with Gasteiger partial charge in [-0.2, -0.15) is 0 Å². The molecule has 2 heteroatoms. The summed E-state index contributed by atoms with van der Waals surface area (Å²) in [5, 5.41) is 0. The molecule has 44 valence electrons. The number of hydrogen-bond acceptors (Lipinski definition) is 0. The second-order valence-corrected chi connectivity index (χ2v) is 27.1. The van der Waals surface area contributed by atoms with E-state index in [2.05, 4.69) is 31.5 Å². The van der Waals surface area contributed by atoms with E-state index in [4.69, 9.17) is 0 Å². The predicted octanol–water partition coefficient (Wildman–Crippen LogP) is 3.00. The van der Waals surface area contributed by atoms with Crippen LogP contribution in [-0.4, -0.2) is 16.2 Å². The Morgan fingerprint density at radius 1 is 1.29 bits per heavy atom. The van der Waals surface area contributed by atoms with E-state index in [9.17, 15) is 0 Å². The van der Waals surface area contributed by atoms with E-state index < -0.39 is 16.2 Å².